The van der Waals surface area contributed by atoms with Crippen LogP contribution in [0.4, 0.5) is 0 Å². The van der Waals surface area contributed by atoms with Crippen LogP contribution >= 0.6 is 0 Å². The van der Waals surface area contributed by atoms with Crippen LogP contribution in [0.2, 0.25) is 0 Å². The van der Waals surface area contributed by atoms with E-state index in [-0.39, 0.29) is 25.2 Å². The molecule has 0 unspecified atom stereocenters. The highest BCUT2D eigenvalue weighted by Crippen LogP contribution is 2.40. The maximum absolute atomic E-state index is 13.1. The van der Waals surface area contributed by atoms with Gasteiger partial charge in [-0.25, -0.2) is 9.59 Å². The lowest BCUT2D eigenvalue weighted by Crippen LogP contribution is -2.26. The number of carbonyl (C=O) groups excluding carboxylic acids is 3. The molecule has 0 aliphatic heterocycles. The van der Waals surface area contributed by atoms with Crippen molar-refractivity contribution in [1.29, 1.82) is 0 Å². The van der Waals surface area contributed by atoms with Gasteiger partial charge in [-0.3, -0.25) is 8.98 Å². The zero-order chi connectivity index (χ0) is 33.4. The van der Waals surface area contributed by atoms with Crippen molar-refractivity contribution >= 4 is 28.0 Å². The first-order valence-corrected chi connectivity index (χ1v) is 17.5. The molecule has 1 aliphatic carbocycles. The number of ether oxygens (including phenoxy) is 3. The van der Waals surface area contributed by atoms with Crippen molar-refractivity contribution in [3.63, 3.8) is 0 Å². The Balaban J connectivity index is 1.90. The predicted molar refractivity (Wildman–Crippen MR) is 174 cm³/mol. The summed E-state index contributed by atoms with van der Waals surface area (Å²) in [6.45, 7) is 2.09. The number of unbranched alkanes of at least 4 members (excludes halogenated alkanes) is 3. The minimum Gasteiger partial charge on any atom is -0.469 e. The Labute approximate surface area is 272 Å². The van der Waals surface area contributed by atoms with Crippen LogP contribution in [0.3, 0.4) is 0 Å². The SMILES string of the molecule is CCCCC[C@@H](/C=C/[C@@H]1[C@@H](CC#CCCCC(=O)OC)[C@H](OS(C)(=O)=O)C[C@H]1OC(=O)c1ccccc1)OC(=O)c1ccccc1. The molecule has 9 nitrogen and oxygen atoms in total. The van der Waals surface area contributed by atoms with Gasteiger partial charge in [0.1, 0.15) is 12.2 Å². The average Bonchev–Trinajstić information content (AvgIpc) is 3.35. The van der Waals surface area contributed by atoms with Gasteiger partial charge >= 0.3 is 17.9 Å². The fraction of sp³-hybridized carbons (Fsp3) is 0.472. The topological polar surface area (TPSA) is 122 Å². The van der Waals surface area contributed by atoms with Gasteiger partial charge in [0.25, 0.3) is 10.1 Å². The Morgan fingerprint density at radius 2 is 1.57 bits per heavy atom. The number of benzene rings is 2. The number of rotatable bonds is 16. The van der Waals surface area contributed by atoms with Crippen molar-refractivity contribution in [1.82, 2.24) is 0 Å². The normalized spacial score (nSPS) is 20.0. The lowest BCUT2D eigenvalue weighted by molar-refractivity contribution is -0.140. The zero-order valence-electron chi connectivity index (χ0n) is 26.8. The van der Waals surface area contributed by atoms with E-state index >= 15 is 0 Å². The van der Waals surface area contributed by atoms with Crippen LogP contribution in [0.15, 0.2) is 72.8 Å². The fourth-order valence-corrected chi connectivity index (χ4v) is 6.05. The Morgan fingerprint density at radius 3 is 2.17 bits per heavy atom. The van der Waals surface area contributed by atoms with Gasteiger partial charge in [0.05, 0.1) is 30.6 Å². The summed E-state index contributed by atoms with van der Waals surface area (Å²) in [5.41, 5.74) is 0.808. The van der Waals surface area contributed by atoms with Crippen molar-refractivity contribution in [2.75, 3.05) is 13.4 Å². The third-order valence-electron chi connectivity index (χ3n) is 7.71. The molecule has 0 heterocycles. The van der Waals surface area contributed by atoms with Crippen LogP contribution in [0.5, 0.6) is 0 Å². The molecule has 1 fully saturated rings. The van der Waals surface area contributed by atoms with Gasteiger partial charge in [0.2, 0.25) is 0 Å². The molecular formula is C36H44O9S. The van der Waals surface area contributed by atoms with E-state index < -0.39 is 52.2 Å². The Hall–Kier alpha value is -3.94. The van der Waals surface area contributed by atoms with Crippen molar-refractivity contribution in [2.45, 2.75) is 83.0 Å². The Kier molecular flexibility index (Phi) is 15.0. The smallest absolute Gasteiger partial charge is 0.338 e. The minimum atomic E-state index is -3.85. The van der Waals surface area contributed by atoms with Crippen molar-refractivity contribution in [3.05, 3.63) is 83.9 Å². The molecule has 46 heavy (non-hydrogen) atoms. The van der Waals surface area contributed by atoms with Gasteiger partial charge in [0, 0.05) is 37.5 Å². The van der Waals surface area contributed by atoms with E-state index in [9.17, 15) is 22.8 Å². The first kappa shape index (κ1) is 36.5. The van der Waals surface area contributed by atoms with E-state index in [0.29, 0.717) is 30.4 Å². The molecule has 5 atom stereocenters. The standard InChI is InChI=1S/C36H44O9S/c1-4-5-10-21-29(43-35(38)27-17-11-8-12-18-27)24-25-31-30(22-15-6-7-16-23-34(37)42-2)33(45-46(3,40)41)26-32(31)44-36(39)28-19-13-9-14-20-28/h8-9,11-14,17-20,24-25,29-33H,4-5,7,10,16,21-23,26H2,1-3H3/b25-24+/t29-,30+,31+,32+,33+/m0/s1. The Bertz CT molecular complexity index is 1460. The predicted octanol–water partition coefficient (Wildman–Crippen LogP) is 6.29. The van der Waals surface area contributed by atoms with E-state index in [1.807, 2.05) is 18.2 Å². The van der Waals surface area contributed by atoms with Crippen LogP contribution < -0.4 is 0 Å². The van der Waals surface area contributed by atoms with Crippen molar-refractivity contribution < 1.29 is 41.2 Å². The van der Waals surface area contributed by atoms with Gasteiger partial charge in [-0.2, -0.15) is 8.42 Å². The highest BCUT2D eigenvalue weighted by atomic mass is 32.2. The second-order valence-electron chi connectivity index (χ2n) is 11.3. The van der Waals surface area contributed by atoms with Crippen LogP contribution in [0.25, 0.3) is 0 Å². The van der Waals surface area contributed by atoms with E-state index in [1.54, 1.807) is 54.6 Å². The highest BCUT2D eigenvalue weighted by molar-refractivity contribution is 7.86. The molecule has 248 valence electrons. The molecule has 3 rings (SSSR count). The maximum atomic E-state index is 13.1. The van der Waals surface area contributed by atoms with Gasteiger partial charge < -0.3 is 14.2 Å². The summed E-state index contributed by atoms with van der Waals surface area (Å²) in [4.78, 5) is 37.5. The summed E-state index contributed by atoms with van der Waals surface area (Å²) in [6.07, 6.45) is 7.61. The summed E-state index contributed by atoms with van der Waals surface area (Å²) in [5.74, 6) is 3.95. The van der Waals surface area contributed by atoms with Gasteiger partial charge in [0.15, 0.2) is 0 Å². The molecule has 0 N–H and O–H groups in total. The lowest BCUT2D eigenvalue weighted by Gasteiger charge is -2.23. The summed E-state index contributed by atoms with van der Waals surface area (Å²) >= 11 is 0. The summed E-state index contributed by atoms with van der Waals surface area (Å²) in [5, 5.41) is 0. The molecule has 10 heteroatoms. The largest absolute Gasteiger partial charge is 0.469 e. The third-order valence-corrected chi connectivity index (χ3v) is 8.31. The van der Waals surface area contributed by atoms with Crippen LogP contribution in [-0.2, 0) is 33.3 Å². The average molecular weight is 653 g/mol. The van der Waals surface area contributed by atoms with E-state index in [0.717, 1.165) is 25.5 Å². The molecule has 0 spiro atoms. The lowest BCUT2D eigenvalue weighted by atomic mass is 9.89. The molecule has 1 saturated carbocycles. The highest BCUT2D eigenvalue weighted by Gasteiger charge is 2.46. The zero-order valence-corrected chi connectivity index (χ0v) is 27.6. The van der Waals surface area contributed by atoms with Gasteiger partial charge in [-0.15, -0.1) is 11.8 Å². The summed E-state index contributed by atoms with van der Waals surface area (Å²) in [7, 11) is -2.51. The molecular weight excluding hydrogens is 608 g/mol. The molecule has 1 aliphatic rings. The number of hydrogen-bond acceptors (Lipinski definition) is 9. The molecule has 0 amide bonds. The Morgan fingerprint density at radius 1 is 0.913 bits per heavy atom. The first-order valence-electron chi connectivity index (χ1n) is 15.7. The fourth-order valence-electron chi connectivity index (χ4n) is 5.38. The second kappa shape index (κ2) is 18.9. The third kappa shape index (κ3) is 12.5. The van der Waals surface area contributed by atoms with Crippen LogP contribution in [0.1, 0.15) is 85.4 Å². The monoisotopic (exact) mass is 652 g/mol. The van der Waals surface area contributed by atoms with E-state index in [4.69, 9.17) is 13.7 Å². The van der Waals surface area contributed by atoms with Crippen molar-refractivity contribution in [2.24, 2.45) is 11.8 Å². The molecule has 2 aromatic rings. The van der Waals surface area contributed by atoms with Crippen molar-refractivity contribution in [3.8, 4) is 11.8 Å². The summed E-state index contributed by atoms with van der Waals surface area (Å²) < 4.78 is 46.6. The second-order valence-corrected chi connectivity index (χ2v) is 12.9. The minimum absolute atomic E-state index is 0.139. The van der Waals surface area contributed by atoms with Crippen LogP contribution in [-0.4, -0.2) is 58.0 Å². The van der Waals surface area contributed by atoms with Gasteiger partial charge in [-0.1, -0.05) is 62.2 Å². The maximum Gasteiger partial charge on any atom is 0.338 e. The van der Waals surface area contributed by atoms with Gasteiger partial charge in [-0.05, 0) is 49.6 Å². The van der Waals surface area contributed by atoms with E-state index in [2.05, 4.69) is 23.5 Å². The number of carbonyl (C=O) groups is 3. The molecule has 0 saturated heterocycles. The molecule has 0 bridgehead atoms. The molecule has 2 aromatic carbocycles. The number of esters is 3. The number of hydrogen-bond donors (Lipinski definition) is 0. The van der Waals surface area contributed by atoms with E-state index in [1.165, 1.54) is 7.11 Å². The molecule has 0 radical (unpaired) electrons. The molecule has 0 aromatic heterocycles. The quantitative estimate of drug-likeness (QED) is 0.0514. The summed E-state index contributed by atoms with van der Waals surface area (Å²) in [6, 6.07) is 17.3. The number of methoxy groups -OCH3 is 1. The van der Waals surface area contributed by atoms with Crippen LogP contribution in [0, 0.1) is 23.7 Å². The first-order chi connectivity index (χ1) is 22.1.